The molecule has 0 spiro atoms. The maximum atomic E-state index is 5.10. The summed E-state index contributed by atoms with van der Waals surface area (Å²) in [5.74, 6) is 0.778. The van der Waals surface area contributed by atoms with Crippen molar-refractivity contribution in [2.24, 2.45) is 0 Å². The molecule has 2 nitrogen and oxygen atoms in total. The van der Waals surface area contributed by atoms with Gasteiger partial charge in [-0.15, -0.1) is 0 Å². The molecule has 4 heteroatoms. The molecule has 0 radical (unpaired) electrons. The Labute approximate surface area is 82.8 Å². The summed E-state index contributed by atoms with van der Waals surface area (Å²) in [7, 11) is 0. The summed E-state index contributed by atoms with van der Waals surface area (Å²) in [6.07, 6.45) is 3.47. The van der Waals surface area contributed by atoms with Crippen LogP contribution in [0.5, 0.6) is 0 Å². The molecule has 0 amide bonds. The van der Waals surface area contributed by atoms with Crippen LogP contribution >= 0.6 is 24.8 Å². The fourth-order valence-corrected chi connectivity index (χ4v) is 1.10. The quantitative estimate of drug-likeness (QED) is 0.565. The second-order valence-corrected chi connectivity index (χ2v) is 3.08. The Morgan fingerprint density at radius 2 is 2.50 bits per heavy atom. The van der Waals surface area contributed by atoms with Crippen LogP contribution in [0, 0.1) is 0 Å². The highest BCUT2D eigenvalue weighted by Crippen LogP contribution is 1.95. The highest BCUT2D eigenvalue weighted by Gasteiger charge is 1.97. The molecule has 1 aromatic rings. The topological polar surface area (TPSA) is 24.9 Å². The molecule has 0 fully saturated rings. The summed E-state index contributed by atoms with van der Waals surface area (Å²) >= 11 is 9.17. The lowest BCUT2D eigenvalue weighted by molar-refractivity contribution is 0.995. The predicted molar refractivity (Wildman–Crippen MR) is 57.8 cm³/mol. The smallest absolute Gasteiger partial charge is 0.108 e. The lowest BCUT2D eigenvalue weighted by Gasteiger charge is -2.04. The van der Waals surface area contributed by atoms with Crippen molar-refractivity contribution in [3.63, 3.8) is 0 Å². The molecule has 0 aliphatic carbocycles. The SMILES string of the molecule is S=C(NCCS)c1cccnc1. The Hall–Kier alpha value is -0.610. The molecule has 0 saturated carbocycles. The zero-order valence-corrected chi connectivity index (χ0v) is 8.24. The summed E-state index contributed by atoms with van der Waals surface area (Å²) < 4.78 is 0. The number of nitrogens with zero attached hydrogens (tertiary/aromatic N) is 1. The predicted octanol–water partition coefficient (Wildman–Crippen LogP) is 1.28. The van der Waals surface area contributed by atoms with Crippen LogP contribution in [0.15, 0.2) is 24.5 Å². The molecule has 1 heterocycles. The molecule has 1 rings (SSSR count). The van der Waals surface area contributed by atoms with Gasteiger partial charge < -0.3 is 5.32 Å². The van der Waals surface area contributed by atoms with E-state index in [1.165, 1.54) is 0 Å². The Morgan fingerprint density at radius 3 is 3.08 bits per heavy atom. The minimum atomic E-state index is 0.733. The zero-order valence-electron chi connectivity index (χ0n) is 6.53. The van der Waals surface area contributed by atoms with Gasteiger partial charge in [-0.3, -0.25) is 4.98 Å². The number of hydrogen-bond acceptors (Lipinski definition) is 3. The van der Waals surface area contributed by atoms with Crippen molar-refractivity contribution in [2.45, 2.75) is 0 Å². The monoisotopic (exact) mass is 198 g/mol. The van der Waals surface area contributed by atoms with E-state index in [9.17, 15) is 0 Å². The number of rotatable bonds is 3. The van der Waals surface area contributed by atoms with E-state index in [2.05, 4.69) is 22.9 Å². The Bertz CT molecular complexity index is 248. The largest absolute Gasteiger partial charge is 0.375 e. The number of aromatic nitrogens is 1. The van der Waals surface area contributed by atoms with Crippen LogP contribution in [0.2, 0.25) is 0 Å². The van der Waals surface area contributed by atoms with Crippen LogP contribution in [-0.2, 0) is 0 Å². The number of thiol groups is 1. The van der Waals surface area contributed by atoms with Crippen LogP contribution in [-0.4, -0.2) is 22.3 Å². The Morgan fingerprint density at radius 1 is 1.67 bits per heavy atom. The van der Waals surface area contributed by atoms with Gasteiger partial charge >= 0.3 is 0 Å². The highest BCUT2D eigenvalue weighted by atomic mass is 32.1. The van der Waals surface area contributed by atoms with Crippen LogP contribution in [0.3, 0.4) is 0 Å². The van der Waals surface area contributed by atoms with Gasteiger partial charge in [0.25, 0.3) is 0 Å². The maximum absolute atomic E-state index is 5.10. The zero-order chi connectivity index (χ0) is 8.81. The molecule has 0 unspecified atom stereocenters. The lowest BCUT2D eigenvalue weighted by atomic mass is 10.3. The summed E-state index contributed by atoms with van der Waals surface area (Å²) in [4.78, 5) is 4.70. The molecule has 1 N–H and O–H groups in total. The van der Waals surface area contributed by atoms with Gasteiger partial charge in [-0.2, -0.15) is 12.6 Å². The fraction of sp³-hybridized carbons (Fsp3) is 0.250. The maximum Gasteiger partial charge on any atom is 0.108 e. The second kappa shape index (κ2) is 5.11. The van der Waals surface area contributed by atoms with E-state index in [1.54, 1.807) is 12.4 Å². The van der Waals surface area contributed by atoms with E-state index in [0.29, 0.717) is 0 Å². The molecule has 0 saturated heterocycles. The summed E-state index contributed by atoms with van der Waals surface area (Å²) in [6.45, 7) is 0.789. The normalized spacial score (nSPS) is 9.42. The number of pyridine rings is 1. The Kier molecular flexibility index (Phi) is 4.04. The van der Waals surface area contributed by atoms with Gasteiger partial charge in [0.1, 0.15) is 4.99 Å². The summed E-state index contributed by atoms with van der Waals surface area (Å²) in [5, 5.41) is 3.06. The van der Waals surface area contributed by atoms with Gasteiger partial charge in [0, 0.05) is 30.3 Å². The average Bonchev–Trinajstić information content (AvgIpc) is 2.15. The van der Waals surface area contributed by atoms with Crippen molar-refractivity contribution < 1.29 is 0 Å². The number of thiocarbonyl (C=S) groups is 1. The van der Waals surface area contributed by atoms with Crippen molar-refractivity contribution in [3.8, 4) is 0 Å². The molecular formula is C8H10N2S2. The van der Waals surface area contributed by atoms with Gasteiger partial charge in [-0.05, 0) is 12.1 Å². The van der Waals surface area contributed by atoms with Crippen molar-refractivity contribution in [2.75, 3.05) is 12.3 Å². The van der Waals surface area contributed by atoms with Crippen LogP contribution in [0.4, 0.5) is 0 Å². The minimum absolute atomic E-state index is 0.733. The van der Waals surface area contributed by atoms with Gasteiger partial charge in [0.05, 0.1) is 0 Å². The minimum Gasteiger partial charge on any atom is -0.375 e. The van der Waals surface area contributed by atoms with Crippen LogP contribution < -0.4 is 5.32 Å². The van der Waals surface area contributed by atoms with E-state index in [0.717, 1.165) is 22.8 Å². The second-order valence-electron chi connectivity index (χ2n) is 2.22. The van der Waals surface area contributed by atoms with Crippen molar-refractivity contribution in [1.29, 1.82) is 0 Å². The van der Waals surface area contributed by atoms with Crippen molar-refractivity contribution in [3.05, 3.63) is 30.1 Å². The van der Waals surface area contributed by atoms with Crippen molar-refractivity contribution >= 4 is 29.8 Å². The van der Waals surface area contributed by atoms with E-state index in [-0.39, 0.29) is 0 Å². The third-order valence-corrected chi connectivity index (χ3v) is 1.92. The van der Waals surface area contributed by atoms with Gasteiger partial charge in [-0.1, -0.05) is 12.2 Å². The molecule has 0 aromatic carbocycles. The van der Waals surface area contributed by atoms with Gasteiger partial charge in [-0.25, -0.2) is 0 Å². The van der Waals surface area contributed by atoms with E-state index >= 15 is 0 Å². The third-order valence-electron chi connectivity index (χ3n) is 1.32. The lowest BCUT2D eigenvalue weighted by Crippen LogP contribution is -2.24. The van der Waals surface area contributed by atoms with E-state index in [1.807, 2.05) is 12.1 Å². The third kappa shape index (κ3) is 2.79. The summed E-state index contributed by atoms with van der Waals surface area (Å²) in [5.41, 5.74) is 0.953. The highest BCUT2D eigenvalue weighted by molar-refractivity contribution is 7.81. The standard InChI is InChI=1S/C8H10N2S2/c11-5-4-10-8(12)7-2-1-3-9-6-7/h1-3,6,11H,4-5H2,(H,10,12). The fourth-order valence-electron chi connectivity index (χ4n) is 0.769. The molecule has 1 aromatic heterocycles. The first-order valence-electron chi connectivity index (χ1n) is 3.63. The van der Waals surface area contributed by atoms with E-state index < -0.39 is 0 Å². The first-order chi connectivity index (χ1) is 5.84. The first-order valence-corrected chi connectivity index (χ1v) is 4.68. The number of nitrogens with one attached hydrogen (secondary N) is 1. The first kappa shape index (κ1) is 9.48. The van der Waals surface area contributed by atoms with Gasteiger partial charge in [0.15, 0.2) is 0 Å². The van der Waals surface area contributed by atoms with Crippen molar-refractivity contribution in [1.82, 2.24) is 10.3 Å². The molecule has 0 aliphatic rings. The molecular weight excluding hydrogens is 188 g/mol. The summed E-state index contributed by atoms with van der Waals surface area (Å²) in [6, 6.07) is 3.80. The van der Waals surface area contributed by atoms with Gasteiger partial charge in [0.2, 0.25) is 0 Å². The number of hydrogen-bond donors (Lipinski definition) is 2. The molecule has 12 heavy (non-hydrogen) atoms. The molecule has 0 aliphatic heterocycles. The average molecular weight is 198 g/mol. The Balaban J connectivity index is 2.54. The molecule has 64 valence electrons. The molecule has 0 atom stereocenters. The van der Waals surface area contributed by atoms with Crippen LogP contribution in [0.1, 0.15) is 5.56 Å². The van der Waals surface area contributed by atoms with Crippen LogP contribution in [0.25, 0.3) is 0 Å². The van der Waals surface area contributed by atoms with E-state index in [4.69, 9.17) is 12.2 Å². The molecule has 0 bridgehead atoms.